The molecular weight excluding hydrogens is 332 g/mol. The maximum atomic E-state index is 12.2. The zero-order valence-corrected chi connectivity index (χ0v) is 14.7. The number of aliphatic hydroxyl groups excluding tert-OH is 1. The number of anilines is 1. The Labute approximate surface area is 151 Å². The predicted octanol–water partition coefficient (Wildman–Crippen LogP) is 0.730. The molecule has 2 N–H and O–H groups in total. The van der Waals surface area contributed by atoms with Crippen LogP contribution in [0.5, 0.6) is 0 Å². The van der Waals surface area contributed by atoms with Crippen LogP contribution in [0.15, 0.2) is 24.7 Å². The molecule has 0 spiro atoms. The lowest BCUT2D eigenvalue weighted by molar-refractivity contribution is 0.0793. The first-order chi connectivity index (χ1) is 12.5. The zero-order valence-electron chi connectivity index (χ0n) is 14.7. The SMILES string of the molecule is Cc1cc(C)c(C#N)c(N2CC[C@@H](NC(=O)c3cnccn3)[C@H](O)C2)n1. The number of aryl methyl sites for hydroxylation is 2. The number of nitriles is 1. The Kier molecular flexibility index (Phi) is 5.09. The van der Waals surface area contributed by atoms with Crippen molar-refractivity contribution >= 4 is 11.7 Å². The molecule has 2 aromatic rings. The summed E-state index contributed by atoms with van der Waals surface area (Å²) in [6.07, 6.45) is 4.08. The molecule has 1 aliphatic rings. The molecule has 0 unspecified atom stereocenters. The fourth-order valence-electron chi connectivity index (χ4n) is 3.14. The minimum atomic E-state index is -0.779. The van der Waals surface area contributed by atoms with Gasteiger partial charge in [-0.25, -0.2) is 9.97 Å². The highest BCUT2D eigenvalue weighted by Crippen LogP contribution is 2.25. The summed E-state index contributed by atoms with van der Waals surface area (Å²) in [7, 11) is 0. The van der Waals surface area contributed by atoms with Crippen molar-refractivity contribution in [3.05, 3.63) is 47.2 Å². The lowest BCUT2D eigenvalue weighted by atomic mass is 10.0. The summed E-state index contributed by atoms with van der Waals surface area (Å²) in [5, 5.41) is 22.7. The van der Waals surface area contributed by atoms with Gasteiger partial charge in [0.25, 0.3) is 5.91 Å². The van der Waals surface area contributed by atoms with E-state index in [0.29, 0.717) is 24.3 Å². The molecule has 0 saturated carbocycles. The number of aromatic nitrogens is 3. The molecule has 1 saturated heterocycles. The molecule has 1 aliphatic heterocycles. The van der Waals surface area contributed by atoms with Crippen molar-refractivity contribution in [3.63, 3.8) is 0 Å². The number of aliphatic hydroxyl groups is 1. The Morgan fingerprint density at radius 2 is 2.23 bits per heavy atom. The normalized spacial score (nSPS) is 19.7. The molecule has 134 valence electrons. The quantitative estimate of drug-likeness (QED) is 0.836. The van der Waals surface area contributed by atoms with E-state index in [1.807, 2.05) is 24.8 Å². The summed E-state index contributed by atoms with van der Waals surface area (Å²) in [6.45, 7) is 4.62. The Morgan fingerprint density at radius 3 is 2.88 bits per heavy atom. The van der Waals surface area contributed by atoms with Crippen LogP contribution >= 0.6 is 0 Å². The number of carbonyl (C=O) groups excluding carboxylic acids is 1. The van der Waals surface area contributed by atoms with Gasteiger partial charge in [0.1, 0.15) is 17.6 Å². The monoisotopic (exact) mass is 352 g/mol. The molecule has 0 bridgehead atoms. The molecule has 3 rings (SSSR count). The molecular formula is C18H20N6O2. The average Bonchev–Trinajstić information content (AvgIpc) is 2.63. The number of nitrogens with one attached hydrogen (secondary N) is 1. The van der Waals surface area contributed by atoms with E-state index in [1.165, 1.54) is 18.6 Å². The van der Waals surface area contributed by atoms with Gasteiger partial charge in [0, 0.05) is 31.2 Å². The van der Waals surface area contributed by atoms with Crippen LogP contribution in [-0.4, -0.2) is 51.2 Å². The standard InChI is InChI=1S/C18H20N6O2/c1-11-7-12(2)22-17(13(11)8-19)24-6-3-14(16(25)10-24)23-18(26)15-9-20-4-5-21-15/h4-5,7,9,14,16,25H,3,6,10H2,1-2H3,(H,23,26)/t14-,16-/m1/s1. The minimum Gasteiger partial charge on any atom is -0.389 e. The van der Waals surface area contributed by atoms with Crippen LogP contribution in [0.1, 0.15) is 33.7 Å². The first-order valence-electron chi connectivity index (χ1n) is 8.38. The third-order valence-electron chi connectivity index (χ3n) is 4.43. The van der Waals surface area contributed by atoms with Crippen LogP contribution in [0.3, 0.4) is 0 Å². The van der Waals surface area contributed by atoms with E-state index in [-0.39, 0.29) is 18.1 Å². The Morgan fingerprint density at radius 1 is 1.42 bits per heavy atom. The van der Waals surface area contributed by atoms with Gasteiger partial charge >= 0.3 is 0 Å². The van der Waals surface area contributed by atoms with E-state index in [9.17, 15) is 15.2 Å². The Hall–Kier alpha value is -3.05. The van der Waals surface area contributed by atoms with Crippen LogP contribution in [0.2, 0.25) is 0 Å². The van der Waals surface area contributed by atoms with Crippen LogP contribution in [0.25, 0.3) is 0 Å². The van der Waals surface area contributed by atoms with E-state index < -0.39 is 12.1 Å². The number of amides is 1. The van der Waals surface area contributed by atoms with Gasteiger partial charge in [-0.2, -0.15) is 5.26 Å². The van der Waals surface area contributed by atoms with Crippen molar-refractivity contribution in [1.82, 2.24) is 20.3 Å². The second kappa shape index (κ2) is 7.45. The van der Waals surface area contributed by atoms with Crippen LogP contribution in [0.4, 0.5) is 5.82 Å². The van der Waals surface area contributed by atoms with E-state index >= 15 is 0 Å². The van der Waals surface area contributed by atoms with Crippen LogP contribution in [-0.2, 0) is 0 Å². The minimum absolute atomic E-state index is 0.213. The molecule has 26 heavy (non-hydrogen) atoms. The molecule has 0 radical (unpaired) electrons. The smallest absolute Gasteiger partial charge is 0.271 e. The number of nitrogens with zero attached hydrogens (tertiary/aromatic N) is 5. The lowest BCUT2D eigenvalue weighted by Crippen LogP contribution is -2.54. The van der Waals surface area contributed by atoms with Crippen molar-refractivity contribution in [2.45, 2.75) is 32.4 Å². The van der Waals surface area contributed by atoms with Gasteiger partial charge in [-0.05, 0) is 31.9 Å². The lowest BCUT2D eigenvalue weighted by Gasteiger charge is -2.37. The van der Waals surface area contributed by atoms with Crippen molar-refractivity contribution in [2.75, 3.05) is 18.0 Å². The highest BCUT2D eigenvalue weighted by Gasteiger charge is 2.31. The molecule has 8 nitrogen and oxygen atoms in total. The summed E-state index contributed by atoms with van der Waals surface area (Å²) in [4.78, 5) is 26.4. The molecule has 3 heterocycles. The highest BCUT2D eigenvalue weighted by molar-refractivity contribution is 5.92. The fraction of sp³-hybridized carbons (Fsp3) is 0.389. The largest absolute Gasteiger partial charge is 0.389 e. The number of hydrogen-bond acceptors (Lipinski definition) is 7. The molecule has 1 amide bonds. The Balaban J connectivity index is 1.72. The summed E-state index contributed by atoms with van der Waals surface area (Å²) < 4.78 is 0. The van der Waals surface area contributed by atoms with E-state index in [1.54, 1.807) is 0 Å². The summed E-state index contributed by atoms with van der Waals surface area (Å²) in [5.41, 5.74) is 2.42. The predicted molar refractivity (Wildman–Crippen MR) is 94.5 cm³/mol. The van der Waals surface area contributed by atoms with Crippen molar-refractivity contribution < 1.29 is 9.90 Å². The topological polar surface area (TPSA) is 115 Å². The zero-order chi connectivity index (χ0) is 18.7. The first kappa shape index (κ1) is 17.8. The maximum Gasteiger partial charge on any atom is 0.271 e. The molecule has 8 heteroatoms. The van der Waals surface area contributed by atoms with Gasteiger partial charge in [0.05, 0.1) is 23.9 Å². The van der Waals surface area contributed by atoms with Gasteiger partial charge in [-0.3, -0.25) is 9.78 Å². The van der Waals surface area contributed by atoms with Gasteiger partial charge in [0.15, 0.2) is 0 Å². The number of rotatable bonds is 3. The van der Waals surface area contributed by atoms with Crippen molar-refractivity contribution in [2.24, 2.45) is 0 Å². The van der Waals surface area contributed by atoms with Gasteiger partial charge < -0.3 is 15.3 Å². The molecule has 0 aliphatic carbocycles. The number of piperidine rings is 1. The number of hydrogen-bond donors (Lipinski definition) is 2. The molecule has 2 atom stereocenters. The highest BCUT2D eigenvalue weighted by atomic mass is 16.3. The van der Waals surface area contributed by atoms with Crippen LogP contribution in [0, 0.1) is 25.2 Å². The third kappa shape index (κ3) is 3.63. The summed E-state index contributed by atoms with van der Waals surface area (Å²) in [5.74, 6) is 0.223. The molecule has 1 fully saturated rings. The van der Waals surface area contributed by atoms with E-state index in [0.717, 1.165) is 11.3 Å². The summed E-state index contributed by atoms with van der Waals surface area (Å²) in [6, 6.07) is 3.67. The summed E-state index contributed by atoms with van der Waals surface area (Å²) >= 11 is 0. The second-order valence-electron chi connectivity index (χ2n) is 6.36. The molecule has 0 aromatic carbocycles. The van der Waals surface area contributed by atoms with E-state index in [2.05, 4.69) is 26.3 Å². The molecule has 2 aromatic heterocycles. The average molecular weight is 352 g/mol. The first-order valence-corrected chi connectivity index (χ1v) is 8.38. The van der Waals surface area contributed by atoms with Gasteiger partial charge in [-0.1, -0.05) is 0 Å². The van der Waals surface area contributed by atoms with Gasteiger partial charge in [-0.15, -0.1) is 0 Å². The van der Waals surface area contributed by atoms with Gasteiger partial charge in [0.2, 0.25) is 0 Å². The Bertz CT molecular complexity index is 849. The fourth-order valence-corrected chi connectivity index (χ4v) is 3.14. The number of β-amino-alcohol motifs (C(OH)–C–C–N with tert-alkyl or cyclic N) is 1. The van der Waals surface area contributed by atoms with Crippen molar-refractivity contribution in [3.8, 4) is 6.07 Å². The number of carbonyl (C=O) groups is 1. The van der Waals surface area contributed by atoms with Crippen molar-refractivity contribution in [1.29, 1.82) is 5.26 Å². The number of pyridine rings is 1. The van der Waals surface area contributed by atoms with E-state index in [4.69, 9.17) is 0 Å². The maximum absolute atomic E-state index is 12.2. The third-order valence-corrected chi connectivity index (χ3v) is 4.43. The second-order valence-corrected chi connectivity index (χ2v) is 6.36. The van der Waals surface area contributed by atoms with Crippen LogP contribution < -0.4 is 10.2 Å².